The number of nitrogens with one attached hydrogen (secondary N) is 1. The van der Waals surface area contributed by atoms with Gasteiger partial charge in [0.15, 0.2) is 0 Å². The molecule has 0 amide bonds. The Morgan fingerprint density at radius 1 is 1.41 bits per heavy atom. The summed E-state index contributed by atoms with van der Waals surface area (Å²) in [5.41, 5.74) is 6.14. The maximum atomic E-state index is 11.7. The second-order valence-electron chi connectivity index (χ2n) is 3.61. The first-order valence-corrected chi connectivity index (χ1v) is 6.36. The van der Waals surface area contributed by atoms with Crippen LogP contribution in [-0.4, -0.2) is 32.1 Å². The Morgan fingerprint density at radius 3 is 2.41 bits per heavy atom. The minimum atomic E-state index is -3.70. The van der Waals surface area contributed by atoms with E-state index in [2.05, 4.69) is 4.72 Å². The summed E-state index contributed by atoms with van der Waals surface area (Å²) < 4.78 is 25.6. The van der Waals surface area contributed by atoms with Crippen LogP contribution in [0.2, 0.25) is 0 Å². The zero-order valence-corrected chi connectivity index (χ0v) is 10.1. The van der Waals surface area contributed by atoms with Crippen molar-refractivity contribution < 1.29 is 18.3 Å². The summed E-state index contributed by atoms with van der Waals surface area (Å²) in [6.45, 7) is 1.50. The van der Waals surface area contributed by atoms with E-state index in [4.69, 9.17) is 10.8 Å². The molecule has 0 spiro atoms. The molecule has 1 rings (SSSR count). The van der Waals surface area contributed by atoms with Crippen LogP contribution in [0.4, 0.5) is 0 Å². The predicted octanol–water partition coefficient (Wildman–Crippen LogP) is -0.315. The molecule has 0 radical (unpaired) electrons. The van der Waals surface area contributed by atoms with Crippen molar-refractivity contribution in [3.63, 3.8) is 0 Å². The SMILES string of the molecule is Cc1ccc(S(=O)(=O)NCC(N)C(=O)O)cc1. The monoisotopic (exact) mass is 258 g/mol. The normalized spacial score (nSPS) is 13.3. The van der Waals surface area contributed by atoms with Crippen molar-refractivity contribution in [2.24, 2.45) is 5.73 Å². The second kappa shape index (κ2) is 5.26. The molecule has 0 bridgehead atoms. The predicted molar refractivity (Wildman–Crippen MR) is 62.0 cm³/mol. The highest BCUT2D eigenvalue weighted by molar-refractivity contribution is 7.89. The molecule has 1 aromatic rings. The number of aryl methyl sites for hydroxylation is 1. The lowest BCUT2D eigenvalue weighted by molar-refractivity contribution is -0.138. The summed E-state index contributed by atoms with van der Waals surface area (Å²) in [5, 5.41) is 8.53. The van der Waals surface area contributed by atoms with Crippen molar-refractivity contribution in [1.82, 2.24) is 4.72 Å². The minimum Gasteiger partial charge on any atom is -0.480 e. The molecular weight excluding hydrogens is 244 g/mol. The Bertz CT molecular complexity index is 496. The molecule has 4 N–H and O–H groups in total. The van der Waals surface area contributed by atoms with Gasteiger partial charge < -0.3 is 10.8 Å². The minimum absolute atomic E-state index is 0.0840. The highest BCUT2D eigenvalue weighted by Crippen LogP contribution is 2.09. The van der Waals surface area contributed by atoms with Crippen molar-refractivity contribution in [1.29, 1.82) is 0 Å². The van der Waals surface area contributed by atoms with Gasteiger partial charge in [-0.1, -0.05) is 17.7 Å². The van der Waals surface area contributed by atoms with Crippen LogP contribution in [0.1, 0.15) is 5.56 Å². The van der Waals surface area contributed by atoms with Crippen molar-refractivity contribution in [2.75, 3.05) is 6.54 Å². The van der Waals surface area contributed by atoms with Gasteiger partial charge >= 0.3 is 5.97 Å². The van der Waals surface area contributed by atoms with Crippen LogP contribution in [0.25, 0.3) is 0 Å². The van der Waals surface area contributed by atoms with E-state index in [1.54, 1.807) is 12.1 Å². The van der Waals surface area contributed by atoms with Crippen LogP contribution >= 0.6 is 0 Å². The first-order valence-electron chi connectivity index (χ1n) is 4.87. The van der Waals surface area contributed by atoms with Crippen LogP contribution in [0, 0.1) is 6.92 Å². The Morgan fingerprint density at radius 2 is 1.94 bits per heavy atom. The number of sulfonamides is 1. The number of carboxylic acid groups (broad SMARTS) is 1. The summed E-state index contributed by atoms with van der Waals surface area (Å²) >= 11 is 0. The Labute approximate surface area is 99.5 Å². The number of hydrogen-bond acceptors (Lipinski definition) is 4. The fourth-order valence-corrected chi connectivity index (χ4v) is 2.15. The summed E-state index contributed by atoms with van der Waals surface area (Å²) in [6, 6.07) is 4.96. The van der Waals surface area contributed by atoms with Gasteiger partial charge in [-0.15, -0.1) is 0 Å². The summed E-state index contributed by atoms with van der Waals surface area (Å²) in [7, 11) is -3.70. The van der Waals surface area contributed by atoms with E-state index in [1.165, 1.54) is 12.1 Å². The Balaban J connectivity index is 2.76. The Kier molecular flexibility index (Phi) is 4.22. The number of nitrogens with two attached hydrogens (primary N) is 1. The van der Waals surface area contributed by atoms with Gasteiger partial charge in [-0.2, -0.15) is 0 Å². The highest BCUT2D eigenvalue weighted by atomic mass is 32.2. The topological polar surface area (TPSA) is 109 Å². The molecule has 0 aliphatic heterocycles. The fourth-order valence-electron chi connectivity index (χ4n) is 1.09. The first kappa shape index (κ1) is 13.6. The van der Waals surface area contributed by atoms with Crippen LogP contribution in [0.15, 0.2) is 29.2 Å². The van der Waals surface area contributed by atoms with Gasteiger partial charge in [0.1, 0.15) is 6.04 Å². The maximum absolute atomic E-state index is 11.7. The average Bonchev–Trinajstić information content (AvgIpc) is 2.26. The van der Waals surface area contributed by atoms with Crippen LogP contribution in [0.5, 0.6) is 0 Å². The van der Waals surface area contributed by atoms with Gasteiger partial charge in [-0.05, 0) is 19.1 Å². The van der Waals surface area contributed by atoms with E-state index in [-0.39, 0.29) is 11.4 Å². The molecule has 0 heterocycles. The molecule has 0 aliphatic carbocycles. The molecule has 94 valence electrons. The zero-order valence-electron chi connectivity index (χ0n) is 9.25. The number of rotatable bonds is 5. The number of carboxylic acids is 1. The highest BCUT2D eigenvalue weighted by Gasteiger charge is 2.18. The molecule has 7 heteroatoms. The second-order valence-corrected chi connectivity index (χ2v) is 5.38. The molecule has 17 heavy (non-hydrogen) atoms. The van der Waals surface area contributed by atoms with Crippen molar-refractivity contribution >= 4 is 16.0 Å². The van der Waals surface area contributed by atoms with Crippen LogP contribution < -0.4 is 10.5 Å². The van der Waals surface area contributed by atoms with Gasteiger partial charge in [0.2, 0.25) is 10.0 Å². The lowest BCUT2D eigenvalue weighted by Crippen LogP contribution is -2.42. The van der Waals surface area contributed by atoms with Crippen LogP contribution in [0.3, 0.4) is 0 Å². The van der Waals surface area contributed by atoms with E-state index >= 15 is 0 Å². The van der Waals surface area contributed by atoms with E-state index in [0.717, 1.165) is 5.56 Å². The van der Waals surface area contributed by atoms with E-state index in [1.807, 2.05) is 6.92 Å². The maximum Gasteiger partial charge on any atom is 0.321 e. The number of hydrogen-bond donors (Lipinski definition) is 3. The third-order valence-electron chi connectivity index (χ3n) is 2.14. The lowest BCUT2D eigenvalue weighted by Gasteiger charge is -2.09. The summed E-state index contributed by atoms with van der Waals surface area (Å²) in [6.07, 6.45) is 0. The van der Waals surface area contributed by atoms with Crippen molar-refractivity contribution in [3.8, 4) is 0 Å². The molecule has 0 fully saturated rings. The summed E-state index contributed by atoms with van der Waals surface area (Å²) in [4.78, 5) is 10.5. The van der Waals surface area contributed by atoms with Gasteiger partial charge in [-0.3, -0.25) is 4.79 Å². The van der Waals surface area contributed by atoms with Crippen molar-refractivity contribution in [3.05, 3.63) is 29.8 Å². The summed E-state index contributed by atoms with van der Waals surface area (Å²) in [5.74, 6) is -1.25. The van der Waals surface area contributed by atoms with Crippen molar-refractivity contribution in [2.45, 2.75) is 17.9 Å². The molecule has 1 aromatic carbocycles. The van der Waals surface area contributed by atoms with Gasteiger partial charge in [-0.25, -0.2) is 13.1 Å². The largest absolute Gasteiger partial charge is 0.480 e. The molecular formula is C10H14N2O4S. The lowest BCUT2D eigenvalue weighted by atomic mass is 10.2. The number of carbonyl (C=O) groups is 1. The number of benzene rings is 1. The average molecular weight is 258 g/mol. The third-order valence-corrected chi connectivity index (χ3v) is 3.58. The molecule has 1 unspecified atom stereocenters. The fraction of sp³-hybridized carbons (Fsp3) is 0.300. The quantitative estimate of drug-likeness (QED) is 0.671. The van der Waals surface area contributed by atoms with Gasteiger partial charge in [0.05, 0.1) is 4.90 Å². The number of aliphatic carboxylic acids is 1. The molecule has 6 nitrogen and oxygen atoms in total. The van der Waals surface area contributed by atoms with Crippen LogP contribution in [-0.2, 0) is 14.8 Å². The first-order chi connectivity index (χ1) is 7.83. The third kappa shape index (κ3) is 3.81. The Hall–Kier alpha value is -1.44. The van der Waals surface area contributed by atoms with E-state index < -0.39 is 22.0 Å². The zero-order chi connectivity index (χ0) is 13.1. The smallest absolute Gasteiger partial charge is 0.321 e. The van der Waals surface area contributed by atoms with E-state index in [0.29, 0.717) is 0 Å². The van der Waals surface area contributed by atoms with Gasteiger partial charge in [0, 0.05) is 6.54 Å². The molecule has 0 saturated carbocycles. The molecule has 0 saturated heterocycles. The molecule has 0 aromatic heterocycles. The molecule has 1 atom stereocenters. The van der Waals surface area contributed by atoms with Gasteiger partial charge in [0.25, 0.3) is 0 Å². The molecule has 0 aliphatic rings. The standard InChI is InChI=1S/C10H14N2O4S/c1-7-2-4-8(5-3-7)17(15,16)12-6-9(11)10(13)14/h2-5,9,12H,6,11H2,1H3,(H,13,14). The van der Waals surface area contributed by atoms with E-state index in [9.17, 15) is 13.2 Å².